The van der Waals surface area contributed by atoms with Gasteiger partial charge in [-0.1, -0.05) is 0 Å². The molecule has 0 unspecified atom stereocenters. The summed E-state index contributed by atoms with van der Waals surface area (Å²) in [7, 11) is 1.96. The van der Waals surface area contributed by atoms with Gasteiger partial charge in [-0.3, -0.25) is 0 Å². The molecule has 0 aromatic carbocycles. The van der Waals surface area contributed by atoms with Crippen molar-refractivity contribution < 1.29 is 5.11 Å². The fourth-order valence-corrected chi connectivity index (χ4v) is 1.08. The number of aliphatic hydroxyl groups is 1. The normalized spacial score (nSPS) is 13.2. The van der Waals surface area contributed by atoms with E-state index in [-0.39, 0.29) is 5.54 Å². The van der Waals surface area contributed by atoms with Gasteiger partial charge in [-0.2, -0.15) is 0 Å². The zero-order chi connectivity index (χ0) is 11.7. The van der Waals surface area contributed by atoms with Crippen LogP contribution in [0.25, 0.3) is 0 Å². The van der Waals surface area contributed by atoms with Crippen LogP contribution in [0.1, 0.15) is 33.5 Å². The van der Waals surface area contributed by atoms with Crippen molar-refractivity contribution in [2.45, 2.75) is 45.4 Å². The van der Waals surface area contributed by atoms with Gasteiger partial charge in [0.1, 0.15) is 5.82 Å². The smallest absolute Gasteiger partial charge is 0.122 e. The van der Waals surface area contributed by atoms with Crippen LogP contribution >= 0.6 is 0 Å². The predicted octanol–water partition coefficient (Wildman–Crippen LogP) is 1.06. The number of nitrogens with zero attached hydrogens (tertiary/aromatic N) is 2. The SMILES string of the molecule is Cn1ccnc1CNC(C)(C)C(C)(C)O. The van der Waals surface area contributed by atoms with Gasteiger partial charge in [0.05, 0.1) is 12.1 Å². The molecule has 15 heavy (non-hydrogen) atoms. The van der Waals surface area contributed by atoms with Crippen molar-refractivity contribution in [1.82, 2.24) is 14.9 Å². The molecule has 1 aromatic rings. The number of imidazole rings is 1. The van der Waals surface area contributed by atoms with E-state index >= 15 is 0 Å². The van der Waals surface area contributed by atoms with Gasteiger partial charge in [0.15, 0.2) is 0 Å². The Labute approximate surface area is 91.3 Å². The molecule has 0 aliphatic carbocycles. The van der Waals surface area contributed by atoms with Gasteiger partial charge < -0.3 is 15.0 Å². The van der Waals surface area contributed by atoms with Crippen molar-refractivity contribution in [2.75, 3.05) is 0 Å². The van der Waals surface area contributed by atoms with Crippen LogP contribution in [-0.4, -0.2) is 25.8 Å². The molecule has 1 heterocycles. The molecule has 86 valence electrons. The second-order valence-corrected chi connectivity index (χ2v) is 4.99. The van der Waals surface area contributed by atoms with E-state index in [4.69, 9.17) is 0 Å². The van der Waals surface area contributed by atoms with E-state index in [1.54, 1.807) is 20.0 Å². The molecule has 1 rings (SSSR count). The minimum atomic E-state index is -0.766. The highest BCUT2D eigenvalue weighted by atomic mass is 16.3. The Morgan fingerprint density at radius 1 is 1.40 bits per heavy atom. The van der Waals surface area contributed by atoms with Gasteiger partial charge in [-0.15, -0.1) is 0 Å². The molecule has 0 amide bonds. The van der Waals surface area contributed by atoms with Gasteiger partial charge in [0.25, 0.3) is 0 Å². The lowest BCUT2D eigenvalue weighted by molar-refractivity contribution is -0.00569. The summed E-state index contributed by atoms with van der Waals surface area (Å²) in [6, 6.07) is 0. The van der Waals surface area contributed by atoms with Crippen LogP contribution in [0.15, 0.2) is 12.4 Å². The largest absolute Gasteiger partial charge is 0.389 e. The maximum Gasteiger partial charge on any atom is 0.122 e. The molecule has 0 aliphatic rings. The van der Waals surface area contributed by atoms with Gasteiger partial charge in [-0.25, -0.2) is 4.98 Å². The zero-order valence-electron chi connectivity index (χ0n) is 10.2. The van der Waals surface area contributed by atoms with Crippen molar-refractivity contribution in [3.8, 4) is 0 Å². The van der Waals surface area contributed by atoms with E-state index in [1.807, 2.05) is 31.7 Å². The monoisotopic (exact) mass is 211 g/mol. The average Bonchev–Trinajstić information content (AvgIpc) is 2.46. The molecule has 4 nitrogen and oxygen atoms in total. The number of hydrogen-bond acceptors (Lipinski definition) is 3. The third-order valence-electron chi connectivity index (χ3n) is 3.14. The summed E-state index contributed by atoms with van der Waals surface area (Å²) in [6.07, 6.45) is 3.68. The van der Waals surface area contributed by atoms with Gasteiger partial charge in [-0.05, 0) is 27.7 Å². The maximum atomic E-state index is 9.95. The minimum Gasteiger partial charge on any atom is -0.389 e. The first kappa shape index (κ1) is 12.2. The first-order chi connectivity index (χ1) is 6.74. The first-order valence-corrected chi connectivity index (χ1v) is 5.17. The quantitative estimate of drug-likeness (QED) is 0.783. The second kappa shape index (κ2) is 3.94. The number of aromatic nitrogens is 2. The van der Waals surface area contributed by atoms with Crippen LogP contribution in [0.3, 0.4) is 0 Å². The lowest BCUT2D eigenvalue weighted by Crippen LogP contribution is -2.55. The predicted molar refractivity (Wildman–Crippen MR) is 60.4 cm³/mol. The standard InChI is InChI=1S/C11H21N3O/c1-10(2,11(3,4)15)13-8-9-12-6-7-14(9)5/h6-7,13,15H,8H2,1-5H3. The molecule has 4 heteroatoms. The Morgan fingerprint density at radius 3 is 2.40 bits per heavy atom. The van der Waals surface area contributed by atoms with Crippen molar-refractivity contribution in [2.24, 2.45) is 7.05 Å². The van der Waals surface area contributed by atoms with Crippen molar-refractivity contribution in [1.29, 1.82) is 0 Å². The van der Waals surface area contributed by atoms with Crippen molar-refractivity contribution in [3.05, 3.63) is 18.2 Å². The van der Waals surface area contributed by atoms with Crippen LogP contribution in [0, 0.1) is 0 Å². The van der Waals surface area contributed by atoms with Crippen LogP contribution in [0.5, 0.6) is 0 Å². The van der Waals surface area contributed by atoms with E-state index in [2.05, 4.69) is 10.3 Å². The molecule has 0 fully saturated rings. The van der Waals surface area contributed by atoms with Crippen molar-refractivity contribution in [3.63, 3.8) is 0 Å². The summed E-state index contributed by atoms with van der Waals surface area (Å²) in [4.78, 5) is 4.22. The third-order valence-corrected chi connectivity index (χ3v) is 3.14. The van der Waals surface area contributed by atoms with Crippen LogP contribution in [0.2, 0.25) is 0 Å². The zero-order valence-corrected chi connectivity index (χ0v) is 10.2. The van der Waals surface area contributed by atoms with Crippen LogP contribution < -0.4 is 5.32 Å². The topological polar surface area (TPSA) is 50.1 Å². The summed E-state index contributed by atoms with van der Waals surface area (Å²) in [5.74, 6) is 0.965. The highest BCUT2D eigenvalue weighted by Crippen LogP contribution is 2.20. The maximum absolute atomic E-state index is 9.95. The average molecular weight is 211 g/mol. The summed E-state index contributed by atoms with van der Waals surface area (Å²) < 4.78 is 1.97. The summed E-state index contributed by atoms with van der Waals surface area (Å²) in [6.45, 7) is 8.23. The molecule has 0 saturated carbocycles. The van der Waals surface area contributed by atoms with E-state index in [1.165, 1.54) is 0 Å². The number of rotatable bonds is 4. The van der Waals surface area contributed by atoms with Gasteiger partial charge in [0, 0.05) is 25.0 Å². The molecule has 1 aromatic heterocycles. The molecule has 0 bridgehead atoms. The van der Waals surface area contributed by atoms with Crippen LogP contribution in [-0.2, 0) is 13.6 Å². The summed E-state index contributed by atoms with van der Waals surface area (Å²) >= 11 is 0. The number of nitrogens with one attached hydrogen (secondary N) is 1. The first-order valence-electron chi connectivity index (χ1n) is 5.17. The fourth-order valence-electron chi connectivity index (χ4n) is 1.08. The highest BCUT2D eigenvalue weighted by molar-refractivity contribution is 4.97. The Kier molecular flexibility index (Phi) is 3.21. The van der Waals surface area contributed by atoms with E-state index in [0.29, 0.717) is 6.54 Å². The molecule has 0 radical (unpaired) electrons. The van der Waals surface area contributed by atoms with Crippen molar-refractivity contribution >= 4 is 0 Å². The summed E-state index contributed by atoms with van der Waals surface area (Å²) in [5.41, 5.74) is -1.11. The lowest BCUT2D eigenvalue weighted by atomic mass is 9.86. The molecule has 0 atom stereocenters. The number of hydrogen-bond donors (Lipinski definition) is 2. The lowest BCUT2D eigenvalue weighted by Gasteiger charge is -2.38. The van der Waals surface area contributed by atoms with E-state index in [9.17, 15) is 5.11 Å². The molecule has 2 N–H and O–H groups in total. The molecular weight excluding hydrogens is 190 g/mol. The Bertz CT molecular complexity index is 323. The minimum absolute atomic E-state index is 0.348. The van der Waals surface area contributed by atoms with E-state index in [0.717, 1.165) is 5.82 Å². The number of aryl methyl sites for hydroxylation is 1. The Morgan fingerprint density at radius 2 is 2.00 bits per heavy atom. The second-order valence-electron chi connectivity index (χ2n) is 4.99. The molecule has 0 saturated heterocycles. The van der Waals surface area contributed by atoms with Crippen LogP contribution in [0.4, 0.5) is 0 Å². The van der Waals surface area contributed by atoms with Gasteiger partial charge in [0.2, 0.25) is 0 Å². The van der Waals surface area contributed by atoms with Gasteiger partial charge >= 0.3 is 0 Å². The third kappa shape index (κ3) is 2.79. The van der Waals surface area contributed by atoms with E-state index < -0.39 is 5.60 Å². The molecular formula is C11H21N3O. The molecule has 0 aliphatic heterocycles. The summed E-state index contributed by atoms with van der Waals surface area (Å²) in [5, 5.41) is 13.3. The Hall–Kier alpha value is -0.870. The highest BCUT2D eigenvalue weighted by Gasteiger charge is 2.34. The Balaban J connectivity index is 2.61. The fraction of sp³-hybridized carbons (Fsp3) is 0.727. The molecule has 0 spiro atoms.